The quantitative estimate of drug-likeness (QED) is 0.727. The number of β-amino-alcohol motifs (C(OH)–C–C–N with tert-alkyl or cyclic N) is 1. The van der Waals surface area contributed by atoms with Gasteiger partial charge in [-0.2, -0.15) is 5.26 Å². The van der Waals surface area contributed by atoms with Gasteiger partial charge in [-0.1, -0.05) is 0 Å². The van der Waals surface area contributed by atoms with Crippen LogP contribution in [0.25, 0.3) is 0 Å². The summed E-state index contributed by atoms with van der Waals surface area (Å²) in [7, 11) is 1.75. The van der Waals surface area contributed by atoms with E-state index in [4.69, 9.17) is 5.26 Å². The van der Waals surface area contributed by atoms with E-state index in [0.717, 1.165) is 26.2 Å². The Morgan fingerprint density at radius 3 is 2.45 bits per heavy atom. The van der Waals surface area contributed by atoms with Crippen molar-refractivity contribution in [1.82, 2.24) is 14.7 Å². The number of rotatable bonds is 6. The third kappa shape index (κ3) is 5.08. The zero-order valence-corrected chi connectivity index (χ0v) is 12.7. The first-order valence-electron chi connectivity index (χ1n) is 7.22. The molecule has 114 valence electrons. The first-order chi connectivity index (χ1) is 9.45. The minimum Gasteiger partial charge on any atom is -0.392 e. The number of nitrogens with zero attached hydrogens (tertiary/aromatic N) is 4. The van der Waals surface area contributed by atoms with E-state index < -0.39 is 0 Å². The van der Waals surface area contributed by atoms with Gasteiger partial charge in [-0.25, -0.2) is 0 Å². The maximum atomic E-state index is 12.2. The molecule has 0 aromatic heterocycles. The molecule has 1 fully saturated rings. The molecule has 1 heterocycles. The summed E-state index contributed by atoms with van der Waals surface area (Å²) in [5.41, 5.74) is 0. The molecule has 0 radical (unpaired) electrons. The highest BCUT2D eigenvalue weighted by molar-refractivity contribution is 5.81. The van der Waals surface area contributed by atoms with Crippen LogP contribution in [0.4, 0.5) is 0 Å². The van der Waals surface area contributed by atoms with Gasteiger partial charge >= 0.3 is 0 Å². The lowest BCUT2D eigenvalue weighted by molar-refractivity contribution is -0.135. The Bertz CT molecular complexity index is 346. The minimum absolute atomic E-state index is 0.0734. The average Bonchev–Trinajstić information content (AvgIpc) is 2.43. The van der Waals surface area contributed by atoms with Crippen molar-refractivity contribution in [2.75, 3.05) is 46.3 Å². The van der Waals surface area contributed by atoms with Gasteiger partial charge in [0, 0.05) is 46.3 Å². The second-order valence-corrected chi connectivity index (χ2v) is 5.53. The van der Waals surface area contributed by atoms with Crippen molar-refractivity contribution in [2.24, 2.45) is 0 Å². The summed E-state index contributed by atoms with van der Waals surface area (Å²) >= 11 is 0. The van der Waals surface area contributed by atoms with Crippen molar-refractivity contribution in [3.63, 3.8) is 0 Å². The van der Waals surface area contributed by atoms with Crippen LogP contribution in [-0.2, 0) is 4.79 Å². The number of nitriles is 1. The lowest BCUT2D eigenvalue weighted by Gasteiger charge is -2.38. The summed E-state index contributed by atoms with van der Waals surface area (Å²) in [6.45, 7) is 8.34. The molecule has 20 heavy (non-hydrogen) atoms. The molecule has 0 bridgehead atoms. The van der Waals surface area contributed by atoms with Crippen LogP contribution in [0.2, 0.25) is 0 Å². The zero-order chi connectivity index (χ0) is 15.1. The van der Waals surface area contributed by atoms with Gasteiger partial charge in [0.05, 0.1) is 24.6 Å². The molecular formula is C14H26N4O2. The third-order valence-electron chi connectivity index (χ3n) is 3.77. The Morgan fingerprint density at radius 1 is 1.35 bits per heavy atom. The SMILES string of the molecule is C[C@@H](O)CN1CCN([C@@H](C)C(=O)N(C)CCC#N)CC1. The molecule has 0 spiro atoms. The fourth-order valence-electron chi connectivity index (χ4n) is 2.51. The van der Waals surface area contributed by atoms with Gasteiger partial charge in [0.2, 0.25) is 5.91 Å². The minimum atomic E-state index is -0.308. The zero-order valence-electron chi connectivity index (χ0n) is 12.7. The van der Waals surface area contributed by atoms with Crippen molar-refractivity contribution >= 4 is 5.91 Å². The number of aliphatic hydroxyl groups is 1. The van der Waals surface area contributed by atoms with E-state index >= 15 is 0 Å². The molecule has 1 aliphatic heterocycles. The molecule has 2 atom stereocenters. The van der Waals surface area contributed by atoms with Gasteiger partial charge in [-0.15, -0.1) is 0 Å². The predicted octanol–water partition coefficient (Wildman–Crippen LogP) is -0.255. The number of aliphatic hydroxyl groups excluding tert-OH is 1. The summed E-state index contributed by atoms with van der Waals surface area (Å²) in [5, 5.41) is 17.9. The average molecular weight is 282 g/mol. The Labute approximate surface area is 121 Å². The van der Waals surface area contributed by atoms with E-state index in [-0.39, 0.29) is 18.1 Å². The summed E-state index contributed by atoms with van der Waals surface area (Å²) in [5.74, 6) is 0.0734. The maximum Gasteiger partial charge on any atom is 0.239 e. The van der Waals surface area contributed by atoms with Crippen molar-refractivity contribution in [3.05, 3.63) is 0 Å². The van der Waals surface area contributed by atoms with Gasteiger partial charge in [-0.3, -0.25) is 14.6 Å². The smallest absolute Gasteiger partial charge is 0.239 e. The predicted molar refractivity (Wildman–Crippen MR) is 77.0 cm³/mol. The number of carbonyl (C=O) groups excluding carboxylic acids is 1. The molecule has 1 N–H and O–H groups in total. The number of likely N-dealkylation sites (N-methyl/N-ethyl adjacent to an activating group) is 1. The lowest BCUT2D eigenvalue weighted by Crippen LogP contribution is -2.54. The van der Waals surface area contributed by atoms with E-state index in [9.17, 15) is 9.90 Å². The second kappa shape index (κ2) is 8.20. The highest BCUT2D eigenvalue weighted by Crippen LogP contribution is 2.09. The topological polar surface area (TPSA) is 70.8 Å². The highest BCUT2D eigenvalue weighted by atomic mass is 16.3. The highest BCUT2D eigenvalue weighted by Gasteiger charge is 2.27. The van der Waals surface area contributed by atoms with Crippen molar-refractivity contribution in [1.29, 1.82) is 5.26 Å². The number of piperazine rings is 1. The second-order valence-electron chi connectivity index (χ2n) is 5.53. The van der Waals surface area contributed by atoms with Gasteiger partial charge in [0.1, 0.15) is 0 Å². The Morgan fingerprint density at radius 2 is 1.95 bits per heavy atom. The van der Waals surface area contributed by atoms with Crippen LogP contribution < -0.4 is 0 Å². The van der Waals surface area contributed by atoms with Crippen molar-refractivity contribution in [3.8, 4) is 6.07 Å². The number of hydrogen-bond donors (Lipinski definition) is 1. The molecule has 0 aromatic carbocycles. The summed E-state index contributed by atoms with van der Waals surface area (Å²) in [4.78, 5) is 18.3. The molecule has 1 aliphatic rings. The van der Waals surface area contributed by atoms with Crippen LogP contribution in [0, 0.1) is 11.3 Å². The van der Waals surface area contributed by atoms with Gasteiger partial charge < -0.3 is 10.0 Å². The van der Waals surface area contributed by atoms with E-state index in [1.807, 2.05) is 6.92 Å². The van der Waals surface area contributed by atoms with Crippen LogP contribution in [0.3, 0.4) is 0 Å². The molecule has 0 aromatic rings. The largest absolute Gasteiger partial charge is 0.392 e. The summed E-state index contributed by atoms with van der Waals surface area (Å²) in [6.07, 6.45) is 0.0645. The molecule has 0 unspecified atom stereocenters. The monoisotopic (exact) mass is 282 g/mol. The Hall–Kier alpha value is -1.16. The van der Waals surface area contributed by atoms with Crippen LogP contribution in [0.15, 0.2) is 0 Å². The molecule has 1 saturated heterocycles. The normalized spacial score (nSPS) is 20.1. The van der Waals surface area contributed by atoms with Crippen LogP contribution >= 0.6 is 0 Å². The lowest BCUT2D eigenvalue weighted by atomic mass is 10.2. The van der Waals surface area contributed by atoms with E-state index in [1.54, 1.807) is 18.9 Å². The van der Waals surface area contributed by atoms with Gasteiger partial charge in [-0.05, 0) is 13.8 Å². The molecule has 6 heteroatoms. The fourth-order valence-corrected chi connectivity index (χ4v) is 2.51. The van der Waals surface area contributed by atoms with Crippen LogP contribution in [-0.4, -0.2) is 84.2 Å². The first-order valence-corrected chi connectivity index (χ1v) is 7.22. The maximum absolute atomic E-state index is 12.2. The molecular weight excluding hydrogens is 256 g/mol. The molecule has 0 saturated carbocycles. The fraction of sp³-hybridized carbons (Fsp3) is 0.857. The van der Waals surface area contributed by atoms with Gasteiger partial charge in [0.15, 0.2) is 0 Å². The number of hydrogen-bond acceptors (Lipinski definition) is 5. The van der Waals surface area contributed by atoms with Crippen LogP contribution in [0.5, 0.6) is 0 Å². The molecule has 0 aliphatic carbocycles. The van der Waals surface area contributed by atoms with Crippen molar-refractivity contribution in [2.45, 2.75) is 32.4 Å². The summed E-state index contributed by atoms with van der Waals surface area (Å²) in [6, 6.07) is 1.91. The standard InChI is InChI=1S/C14H26N4O2/c1-12(19)11-17-7-9-18(10-8-17)13(2)14(20)16(3)6-4-5-15/h12-13,19H,4,6-11H2,1-3H3/t12-,13+/m1/s1. The van der Waals surface area contributed by atoms with E-state index in [1.165, 1.54) is 0 Å². The Kier molecular flexibility index (Phi) is 6.93. The molecule has 1 rings (SSSR count). The number of amides is 1. The first kappa shape index (κ1) is 16.9. The third-order valence-corrected chi connectivity index (χ3v) is 3.77. The van der Waals surface area contributed by atoms with Crippen molar-refractivity contribution < 1.29 is 9.90 Å². The molecule has 6 nitrogen and oxygen atoms in total. The van der Waals surface area contributed by atoms with E-state index in [2.05, 4.69) is 15.9 Å². The van der Waals surface area contributed by atoms with Crippen LogP contribution in [0.1, 0.15) is 20.3 Å². The Balaban J connectivity index is 2.40. The number of carbonyl (C=O) groups is 1. The van der Waals surface area contributed by atoms with Gasteiger partial charge in [0.25, 0.3) is 0 Å². The van der Waals surface area contributed by atoms with E-state index in [0.29, 0.717) is 19.5 Å². The molecule has 1 amide bonds. The summed E-state index contributed by atoms with van der Waals surface area (Å²) < 4.78 is 0.